The number of nitrogens with one attached hydrogen (secondary N) is 1. The molecule has 1 N–H and O–H groups in total. The molecule has 1 aliphatic rings. The third-order valence-electron chi connectivity index (χ3n) is 3.17. The lowest BCUT2D eigenvalue weighted by Crippen LogP contribution is -2.26. The molecule has 1 aromatic rings. The lowest BCUT2D eigenvalue weighted by molar-refractivity contribution is -0.136. The van der Waals surface area contributed by atoms with Gasteiger partial charge in [-0.3, -0.25) is 0 Å². The monoisotopic (exact) mass is 299 g/mol. The molecule has 20 heavy (non-hydrogen) atoms. The van der Waals surface area contributed by atoms with Crippen LogP contribution in [0.4, 0.5) is 5.82 Å². The smallest absolute Gasteiger partial charge is 0.163 e. The van der Waals surface area contributed by atoms with E-state index in [9.17, 15) is 0 Å². The molecule has 1 fully saturated rings. The van der Waals surface area contributed by atoms with E-state index in [0.717, 1.165) is 30.0 Å². The molecule has 1 saturated heterocycles. The molecule has 0 amide bonds. The molecule has 2 heterocycles. The van der Waals surface area contributed by atoms with Gasteiger partial charge in [0.05, 0.1) is 6.61 Å². The summed E-state index contributed by atoms with van der Waals surface area (Å²) in [6, 6.07) is 0. The van der Waals surface area contributed by atoms with Crippen molar-refractivity contribution in [2.75, 3.05) is 18.5 Å². The number of halogens is 1. The molecule has 0 radical (unpaired) electrons. The van der Waals surface area contributed by atoms with Gasteiger partial charge in [-0.25, -0.2) is 9.97 Å². The van der Waals surface area contributed by atoms with Crippen molar-refractivity contribution >= 4 is 17.4 Å². The van der Waals surface area contributed by atoms with Gasteiger partial charge in [-0.05, 0) is 27.2 Å². The second-order valence-electron chi connectivity index (χ2n) is 5.49. The Morgan fingerprint density at radius 1 is 1.40 bits per heavy atom. The van der Waals surface area contributed by atoms with Gasteiger partial charge in [0.15, 0.2) is 5.79 Å². The molecule has 0 aromatic carbocycles. The minimum atomic E-state index is -0.502. The van der Waals surface area contributed by atoms with Crippen molar-refractivity contribution in [3.8, 4) is 0 Å². The molecule has 6 heteroatoms. The highest BCUT2D eigenvalue weighted by molar-refractivity contribution is 6.30. The van der Waals surface area contributed by atoms with E-state index in [4.69, 9.17) is 21.1 Å². The van der Waals surface area contributed by atoms with Crippen LogP contribution in [0.25, 0.3) is 0 Å². The van der Waals surface area contributed by atoms with Crippen LogP contribution in [0.5, 0.6) is 0 Å². The first-order valence-corrected chi connectivity index (χ1v) is 7.37. The van der Waals surface area contributed by atoms with Gasteiger partial charge >= 0.3 is 0 Å². The zero-order chi connectivity index (χ0) is 14.8. The maximum Gasteiger partial charge on any atom is 0.163 e. The molecule has 0 saturated carbocycles. The Labute approximate surface area is 125 Å². The third kappa shape index (κ3) is 3.81. The fourth-order valence-corrected chi connectivity index (χ4v) is 2.30. The average molecular weight is 300 g/mol. The summed E-state index contributed by atoms with van der Waals surface area (Å²) in [5, 5.41) is 3.80. The molecule has 0 aliphatic carbocycles. The fourth-order valence-electron chi connectivity index (χ4n) is 2.11. The number of anilines is 1. The van der Waals surface area contributed by atoms with Gasteiger partial charge in [-0.2, -0.15) is 0 Å². The summed E-state index contributed by atoms with van der Waals surface area (Å²) >= 11 is 6.15. The standard InChI is InChI=1S/C14H22ClN3O2/c1-5-6-11-17-12(15)9(2)13(18-11)16-7-10-8-19-14(3,4)20-10/h10H,5-8H2,1-4H3,(H,16,17,18). The topological polar surface area (TPSA) is 56.3 Å². The van der Waals surface area contributed by atoms with Gasteiger partial charge < -0.3 is 14.8 Å². The van der Waals surface area contributed by atoms with Crippen LogP contribution in [0.15, 0.2) is 0 Å². The molecule has 2 rings (SSSR count). The Hall–Kier alpha value is -0.910. The first-order valence-electron chi connectivity index (χ1n) is 7.00. The van der Waals surface area contributed by atoms with Gasteiger partial charge in [0, 0.05) is 18.5 Å². The zero-order valence-electron chi connectivity index (χ0n) is 12.5. The largest absolute Gasteiger partial charge is 0.367 e. The fraction of sp³-hybridized carbons (Fsp3) is 0.714. The summed E-state index contributed by atoms with van der Waals surface area (Å²) in [6.45, 7) is 9.06. The Bertz CT molecular complexity index is 480. The minimum absolute atomic E-state index is 0.0211. The Balaban J connectivity index is 2.02. The number of aromatic nitrogens is 2. The van der Waals surface area contributed by atoms with E-state index in [1.807, 2.05) is 20.8 Å². The molecule has 1 atom stereocenters. The lowest BCUT2D eigenvalue weighted by atomic mass is 10.3. The molecular formula is C14H22ClN3O2. The molecule has 112 valence electrons. The number of rotatable bonds is 5. The first kappa shape index (κ1) is 15.5. The van der Waals surface area contributed by atoms with E-state index >= 15 is 0 Å². The second kappa shape index (κ2) is 6.24. The van der Waals surface area contributed by atoms with Crippen molar-refractivity contribution in [2.45, 2.75) is 52.4 Å². The third-order valence-corrected chi connectivity index (χ3v) is 3.54. The predicted molar refractivity (Wildman–Crippen MR) is 79.2 cm³/mol. The van der Waals surface area contributed by atoms with Gasteiger partial charge in [-0.15, -0.1) is 0 Å². The van der Waals surface area contributed by atoms with Crippen LogP contribution < -0.4 is 5.32 Å². The van der Waals surface area contributed by atoms with E-state index in [-0.39, 0.29) is 6.10 Å². The zero-order valence-corrected chi connectivity index (χ0v) is 13.3. The van der Waals surface area contributed by atoms with Crippen LogP contribution in [0.3, 0.4) is 0 Å². The predicted octanol–water partition coefficient (Wildman–Crippen LogP) is 2.95. The van der Waals surface area contributed by atoms with Crippen LogP contribution in [-0.4, -0.2) is 35.0 Å². The molecular weight excluding hydrogens is 278 g/mol. The van der Waals surface area contributed by atoms with E-state index < -0.39 is 5.79 Å². The summed E-state index contributed by atoms with van der Waals surface area (Å²) in [5.74, 6) is 1.05. The lowest BCUT2D eigenvalue weighted by Gasteiger charge is -2.18. The van der Waals surface area contributed by atoms with Gasteiger partial charge in [0.1, 0.15) is 22.9 Å². The number of hydrogen-bond acceptors (Lipinski definition) is 5. The summed E-state index contributed by atoms with van der Waals surface area (Å²) < 4.78 is 11.3. The SMILES string of the molecule is CCCc1nc(Cl)c(C)c(NCC2COC(C)(C)O2)n1. The second-order valence-corrected chi connectivity index (χ2v) is 5.84. The number of hydrogen-bond donors (Lipinski definition) is 1. The normalized spacial score (nSPS) is 21.1. The highest BCUT2D eigenvalue weighted by Gasteiger charge is 2.32. The first-order chi connectivity index (χ1) is 9.41. The summed E-state index contributed by atoms with van der Waals surface area (Å²) in [5.41, 5.74) is 0.865. The van der Waals surface area contributed by atoms with Crippen LogP contribution in [0.2, 0.25) is 5.15 Å². The molecule has 1 aromatic heterocycles. The number of aryl methyl sites for hydroxylation is 1. The maximum atomic E-state index is 6.15. The minimum Gasteiger partial charge on any atom is -0.367 e. The van der Waals surface area contributed by atoms with Crippen LogP contribution in [-0.2, 0) is 15.9 Å². The molecule has 1 unspecified atom stereocenters. The molecule has 1 aliphatic heterocycles. The van der Waals surface area contributed by atoms with Gasteiger partial charge in [-0.1, -0.05) is 18.5 Å². The van der Waals surface area contributed by atoms with Gasteiger partial charge in [0.25, 0.3) is 0 Å². The van der Waals surface area contributed by atoms with E-state index in [1.54, 1.807) is 0 Å². The summed E-state index contributed by atoms with van der Waals surface area (Å²) in [6.07, 6.45) is 1.84. The Kier molecular flexibility index (Phi) is 4.83. The highest BCUT2D eigenvalue weighted by Crippen LogP contribution is 2.24. The van der Waals surface area contributed by atoms with Crippen molar-refractivity contribution in [2.24, 2.45) is 0 Å². The van der Waals surface area contributed by atoms with E-state index in [2.05, 4.69) is 22.2 Å². The summed E-state index contributed by atoms with van der Waals surface area (Å²) in [7, 11) is 0. The molecule has 5 nitrogen and oxygen atoms in total. The van der Waals surface area contributed by atoms with Crippen LogP contribution in [0.1, 0.15) is 38.6 Å². The van der Waals surface area contributed by atoms with Crippen molar-refractivity contribution in [3.63, 3.8) is 0 Å². The van der Waals surface area contributed by atoms with Crippen LogP contribution in [0, 0.1) is 6.92 Å². The van der Waals surface area contributed by atoms with E-state index in [1.165, 1.54) is 0 Å². The summed E-state index contributed by atoms with van der Waals surface area (Å²) in [4.78, 5) is 8.80. The maximum absolute atomic E-state index is 6.15. The van der Waals surface area contributed by atoms with Crippen molar-refractivity contribution in [1.82, 2.24) is 9.97 Å². The van der Waals surface area contributed by atoms with Crippen molar-refractivity contribution in [1.29, 1.82) is 0 Å². The number of nitrogens with zero attached hydrogens (tertiary/aromatic N) is 2. The van der Waals surface area contributed by atoms with Crippen LogP contribution >= 0.6 is 11.6 Å². The average Bonchev–Trinajstić information content (AvgIpc) is 2.72. The molecule has 0 spiro atoms. The quantitative estimate of drug-likeness (QED) is 0.847. The Morgan fingerprint density at radius 2 is 2.15 bits per heavy atom. The van der Waals surface area contributed by atoms with E-state index in [0.29, 0.717) is 18.3 Å². The van der Waals surface area contributed by atoms with Crippen molar-refractivity contribution in [3.05, 3.63) is 16.5 Å². The highest BCUT2D eigenvalue weighted by atomic mass is 35.5. The number of ether oxygens (including phenoxy) is 2. The van der Waals surface area contributed by atoms with Gasteiger partial charge in [0.2, 0.25) is 0 Å². The molecule has 0 bridgehead atoms. The Morgan fingerprint density at radius 3 is 2.75 bits per heavy atom. The van der Waals surface area contributed by atoms with Crippen molar-refractivity contribution < 1.29 is 9.47 Å².